The molecule has 0 aliphatic carbocycles. The predicted octanol–water partition coefficient (Wildman–Crippen LogP) is 3.11. The summed E-state index contributed by atoms with van der Waals surface area (Å²) in [5.74, 6) is 0. The lowest BCUT2D eigenvalue weighted by Gasteiger charge is -2.19. The highest BCUT2D eigenvalue weighted by molar-refractivity contribution is 9.11. The van der Waals surface area contributed by atoms with E-state index in [-0.39, 0.29) is 5.41 Å². The molecule has 1 nitrogen and oxygen atoms in total. The Bertz CT molecular complexity index is 196. The van der Waals surface area contributed by atoms with Gasteiger partial charge in [0.25, 0.3) is 0 Å². The normalized spacial score (nSPS) is 18.8. The highest BCUT2D eigenvalue weighted by Gasteiger charge is 2.21. The van der Waals surface area contributed by atoms with Gasteiger partial charge in [-0.2, -0.15) is 0 Å². The van der Waals surface area contributed by atoms with E-state index in [4.69, 9.17) is 0 Å². The van der Waals surface area contributed by atoms with Crippen LogP contribution < -0.4 is 0 Å². The minimum Gasteiger partial charge on any atom is -0.253 e. The summed E-state index contributed by atoms with van der Waals surface area (Å²) < 4.78 is 1.03. The Morgan fingerprint density at radius 1 is 1.50 bits per heavy atom. The maximum atomic E-state index is 4.16. The zero-order chi connectivity index (χ0) is 7.78. The van der Waals surface area contributed by atoms with Crippen molar-refractivity contribution in [3.05, 3.63) is 10.2 Å². The van der Waals surface area contributed by atoms with E-state index in [0.29, 0.717) is 0 Å². The molecule has 0 radical (unpaired) electrons. The van der Waals surface area contributed by atoms with Crippen LogP contribution in [0.15, 0.2) is 15.2 Å². The largest absolute Gasteiger partial charge is 0.253 e. The van der Waals surface area contributed by atoms with E-state index in [1.165, 1.54) is 5.57 Å². The molecular weight excluding hydrogens is 190 g/mol. The van der Waals surface area contributed by atoms with E-state index in [1.54, 1.807) is 0 Å². The van der Waals surface area contributed by atoms with Crippen LogP contribution in [0.3, 0.4) is 0 Å². The van der Waals surface area contributed by atoms with Crippen LogP contribution in [0.1, 0.15) is 27.2 Å². The van der Waals surface area contributed by atoms with Gasteiger partial charge >= 0.3 is 0 Å². The van der Waals surface area contributed by atoms with Crippen molar-refractivity contribution in [3.63, 3.8) is 0 Å². The predicted molar refractivity (Wildman–Crippen MR) is 48.5 cm³/mol. The zero-order valence-corrected chi connectivity index (χ0v) is 8.20. The van der Waals surface area contributed by atoms with E-state index < -0.39 is 0 Å². The summed E-state index contributed by atoms with van der Waals surface area (Å²) in [5.41, 5.74) is 1.66. The van der Waals surface area contributed by atoms with Crippen LogP contribution in [0.2, 0.25) is 0 Å². The number of nitrogens with zero attached hydrogens (tertiary/aromatic N) is 1. The monoisotopic (exact) mass is 201 g/mol. The maximum Gasteiger partial charge on any atom is 0.105 e. The second-order valence-corrected chi connectivity index (χ2v) is 4.29. The Hall–Kier alpha value is -0.110. The van der Waals surface area contributed by atoms with E-state index >= 15 is 0 Å². The molecule has 0 bridgehead atoms. The standard InChI is InChI=1S/C8H12BrN/c1-8(2,3)6-4-5-10-7(6)9/h5H,4H2,1-3H3. The summed E-state index contributed by atoms with van der Waals surface area (Å²) in [6.45, 7) is 6.62. The van der Waals surface area contributed by atoms with Crippen LogP contribution in [0.25, 0.3) is 0 Å². The number of rotatable bonds is 0. The molecule has 0 spiro atoms. The SMILES string of the molecule is CC(C)(C)C1=C(Br)N=CC1. The Morgan fingerprint density at radius 2 is 2.10 bits per heavy atom. The molecule has 10 heavy (non-hydrogen) atoms. The van der Waals surface area contributed by atoms with Gasteiger partial charge in [-0.15, -0.1) is 0 Å². The second kappa shape index (κ2) is 2.50. The summed E-state index contributed by atoms with van der Waals surface area (Å²) >= 11 is 3.42. The number of halogens is 1. The van der Waals surface area contributed by atoms with Crippen molar-refractivity contribution in [3.8, 4) is 0 Å². The first-order valence-corrected chi connectivity index (χ1v) is 4.23. The van der Waals surface area contributed by atoms with Crippen molar-refractivity contribution in [1.29, 1.82) is 0 Å². The lowest BCUT2D eigenvalue weighted by atomic mass is 9.86. The van der Waals surface area contributed by atoms with Crippen LogP contribution in [0.4, 0.5) is 0 Å². The first-order valence-electron chi connectivity index (χ1n) is 3.43. The number of hydrogen-bond acceptors (Lipinski definition) is 1. The van der Waals surface area contributed by atoms with Gasteiger partial charge in [-0.1, -0.05) is 20.8 Å². The van der Waals surface area contributed by atoms with Gasteiger partial charge in [0.05, 0.1) is 0 Å². The highest BCUT2D eigenvalue weighted by atomic mass is 79.9. The highest BCUT2D eigenvalue weighted by Crippen LogP contribution is 2.35. The molecule has 0 aromatic carbocycles. The smallest absolute Gasteiger partial charge is 0.105 e. The fourth-order valence-corrected chi connectivity index (χ4v) is 1.90. The van der Waals surface area contributed by atoms with Gasteiger partial charge in [0.15, 0.2) is 0 Å². The number of aliphatic imine (C=N–C) groups is 1. The zero-order valence-electron chi connectivity index (χ0n) is 6.61. The molecule has 0 aromatic heterocycles. The minimum absolute atomic E-state index is 0.259. The topological polar surface area (TPSA) is 12.4 Å². The van der Waals surface area contributed by atoms with E-state index in [1.807, 2.05) is 6.21 Å². The Morgan fingerprint density at radius 3 is 2.30 bits per heavy atom. The van der Waals surface area contributed by atoms with Gasteiger partial charge in [-0.3, -0.25) is 4.99 Å². The van der Waals surface area contributed by atoms with Crippen LogP contribution >= 0.6 is 15.9 Å². The molecule has 1 heterocycles. The van der Waals surface area contributed by atoms with Crippen molar-refractivity contribution < 1.29 is 0 Å². The fourth-order valence-electron chi connectivity index (χ4n) is 0.995. The molecule has 0 amide bonds. The average Bonchev–Trinajstić information content (AvgIpc) is 2.11. The summed E-state index contributed by atoms with van der Waals surface area (Å²) in [6, 6.07) is 0. The number of hydrogen-bond donors (Lipinski definition) is 0. The molecule has 56 valence electrons. The Balaban J connectivity index is 2.86. The molecule has 1 aliphatic heterocycles. The summed E-state index contributed by atoms with van der Waals surface area (Å²) in [4.78, 5) is 4.16. The third-order valence-electron chi connectivity index (χ3n) is 1.65. The second-order valence-electron chi connectivity index (χ2n) is 3.54. The van der Waals surface area contributed by atoms with Crippen LogP contribution in [-0.2, 0) is 0 Å². The lowest BCUT2D eigenvalue weighted by molar-refractivity contribution is 0.498. The summed E-state index contributed by atoms with van der Waals surface area (Å²) in [5, 5.41) is 0. The Kier molecular flexibility index (Phi) is 1.99. The molecule has 2 heteroatoms. The lowest BCUT2D eigenvalue weighted by Crippen LogP contribution is -2.08. The van der Waals surface area contributed by atoms with Gasteiger partial charge in [0, 0.05) is 12.6 Å². The summed E-state index contributed by atoms with van der Waals surface area (Å²) in [6.07, 6.45) is 2.95. The molecule has 0 unspecified atom stereocenters. The van der Waals surface area contributed by atoms with Gasteiger partial charge in [-0.05, 0) is 26.9 Å². The van der Waals surface area contributed by atoms with Crippen molar-refractivity contribution in [2.24, 2.45) is 10.4 Å². The van der Waals surface area contributed by atoms with Crippen molar-refractivity contribution >= 4 is 22.1 Å². The van der Waals surface area contributed by atoms with Gasteiger partial charge < -0.3 is 0 Å². The average molecular weight is 202 g/mol. The van der Waals surface area contributed by atoms with Gasteiger partial charge in [0.2, 0.25) is 0 Å². The molecule has 0 atom stereocenters. The molecule has 1 rings (SSSR count). The fraction of sp³-hybridized carbons (Fsp3) is 0.625. The van der Waals surface area contributed by atoms with Crippen LogP contribution in [0, 0.1) is 5.41 Å². The van der Waals surface area contributed by atoms with Crippen molar-refractivity contribution in [2.45, 2.75) is 27.2 Å². The maximum absolute atomic E-state index is 4.16. The molecule has 0 saturated carbocycles. The molecule has 0 fully saturated rings. The molecule has 1 aliphatic rings. The van der Waals surface area contributed by atoms with E-state index in [9.17, 15) is 0 Å². The van der Waals surface area contributed by atoms with Gasteiger partial charge in [-0.25, -0.2) is 0 Å². The molecular formula is C8H12BrN. The molecule has 0 aromatic rings. The molecule has 0 saturated heterocycles. The van der Waals surface area contributed by atoms with Gasteiger partial charge in [0.1, 0.15) is 4.61 Å². The molecule has 0 N–H and O–H groups in total. The van der Waals surface area contributed by atoms with Crippen molar-refractivity contribution in [1.82, 2.24) is 0 Å². The quantitative estimate of drug-likeness (QED) is 0.535. The third-order valence-corrected chi connectivity index (χ3v) is 2.34. The Labute approximate surface area is 70.4 Å². The summed E-state index contributed by atoms with van der Waals surface area (Å²) in [7, 11) is 0. The first-order chi connectivity index (χ1) is 4.52. The van der Waals surface area contributed by atoms with Crippen LogP contribution in [-0.4, -0.2) is 6.21 Å². The van der Waals surface area contributed by atoms with Crippen LogP contribution in [0.5, 0.6) is 0 Å². The van der Waals surface area contributed by atoms with E-state index in [0.717, 1.165) is 11.0 Å². The number of allylic oxidation sites excluding steroid dienone is 1. The minimum atomic E-state index is 0.259. The van der Waals surface area contributed by atoms with E-state index in [2.05, 4.69) is 41.7 Å². The van der Waals surface area contributed by atoms with Crippen molar-refractivity contribution in [2.75, 3.05) is 0 Å². The first kappa shape index (κ1) is 7.99. The third kappa shape index (κ3) is 1.48.